The second-order valence-corrected chi connectivity index (χ2v) is 7.74. The van der Waals surface area contributed by atoms with Crippen LogP contribution in [0.2, 0.25) is 0 Å². The zero-order valence-corrected chi connectivity index (χ0v) is 17.0. The fourth-order valence-corrected chi connectivity index (χ4v) is 2.67. The Bertz CT molecular complexity index is 768. The molecule has 0 aliphatic carbocycles. The van der Waals surface area contributed by atoms with Crippen molar-refractivity contribution in [2.24, 2.45) is 0 Å². The summed E-state index contributed by atoms with van der Waals surface area (Å²) in [6, 6.07) is 16.7. The molecule has 1 unspecified atom stereocenters. The molecule has 0 fully saturated rings. The van der Waals surface area contributed by atoms with Crippen molar-refractivity contribution in [2.75, 3.05) is 25.0 Å². The van der Waals surface area contributed by atoms with Gasteiger partial charge in [-0.25, -0.2) is 0 Å². The molecule has 0 bridgehead atoms. The number of para-hydroxylation sites is 1. The van der Waals surface area contributed by atoms with E-state index in [0.29, 0.717) is 18.0 Å². The highest BCUT2D eigenvalue weighted by Gasteiger charge is 2.20. The van der Waals surface area contributed by atoms with Crippen molar-refractivity contribution in [1.29, 1.82) is 0 Å². The maximum Gasteiger partial charge on any atom is 0.279 e. The third-order valence-corrected chi connectivity index (χ3v) is 3.95. The molecule has 150 valence electrons. The number of anilines is 1. The first kappa shape index (κ1) is 21.4. The molecule has 6 nitrogen and oxygen atoms in total. The molecule has 0 saturated heterocycles. The molecule has 0 aliphatic rings. The number of quaternary nitrogens is 1. The van der Waals surface area contributed by atoms with Gasteiger partial charge in [0.1, 0.15) is 11.5 Å². The van der Waals surface area contributed by atoms with E-state index in [-0.39, 0.29) is 30.4 Å². The van der Waals surface area contributed by atoms with Gasteiger partial charge in [0.2, 0.25) is 0 Å². The number of rotatable bonds is 8. The summed E-state index contributed by atoms with van der Waals surface area (Å²) in [5.41, 5.74) is 0.418. The van der Waals surface area contributed by atoms with Crippen LogP contribution in [0.25, 0.3) is 0 Å². The van der Waals surface area contributed by atoms with Crippen LogP contribution in [0.4, 0.5) is 5.69 Å². The Morgan fingerprint density at radius 1 is 0.893 bits per heavy atom. The van der Waals surface area contributed by atoms with Gasteiger partial charge in [0.05, 0.1) is 6.54 Å². The van der Waals surface area contributed by atoms with Gasteiger partial charge >= 0.3 is 0 Å². The molecule has 0 heterocycles. The molecule has 0 spiro atoms. The smallest absolute Gasteiger partial charge is 0.279 e. The van der Waals surface area contributed by atoms with Crippen LogP contribution in [0.15, 0.2) is 54.6 Å². The average Bonchev–Trinajstić information content (AvgIpc) is 2.62. The lowest BCUT2D eigenvalue weighted by molar-refractivity contribution is -0.881. The van der Waals surface area contributed by atoms with E-state index in [1.54, 1.807) is 12.1 Å². The zero-order valence-electron chi connectivity index (χ0n) is 17.0. The van der Waals surface area contributed by atoms with E-state index >= 15 is 0 Å². The molecule has 3 N–H and O–H groups in total. The molecule has 2 amide bonds. The summed E-state index contributed by atoms with van der Waals surface area (Å²) in [6.07, 6.45) is 0. The Kier molecular flexibility index (Phi) is 7.58. The summed E-state index contributed by atoms with van der Waals surface area (Å²) in [6.45, 7) is 8.97. The third kappa shape index (κ3) is 7.80. The topological polar surface area (TPSA) is 71.9 Å². The monoisotopic (exact) mass is 384 g/mol. The minimum absolute atomic E-state index is 0.0560. The van der Waals surface area contributed by atoms with Gasteiger partial charge in [0.15, 0.2) is 13.1 Å². The molecule has 0 aliphatic heterocycles. The average molecular weight is 385 g/mol. The summed E-state index contributed by atoms with van der Waals surface area (Å²) in [4.78, 5) is 25.3. The molecule has 1 atom stereocenters. The van der Waals surface area contributed by atoms with Gasteiger partial charge in [-0.15, -0.1) is 0 Å². The first-order chi connectivity index (χ1) is 13.2. The van der Waals surface area contributed by atoms with Crippen LogP contribution in [-0.2, 0) is 9.59 Å². The fraction of sp³-hybridized carbons (Fsp3) is 0.364. The SMILES string of the molecule is CC[NH+](CC(=O)Nc1ccc(Oc2ccccc2)cc1)CC(=O)NC(C)(C)C. The van der Waals surface area contributed by atoms with Gasteiger partial charge < -0.3 is 20.3 Å². The largest absolute Gasteiger partial charge is 0.457 e. The quantitative estimate of drug-likeness (QED) is 0.654. The van der Waals surface area contributed by atoms with Crippen molar-refractivity contribution in [2.45, 2.75) is 33.2 Å². The number of likely N-dealkylation sites (N-methyl/N-ethyl adjacent to an activating group) is 1. The first-order valence-corrected chi connectivity index (χ1v) is 9.52. The summed E-state index contributed by atoms with van der Waals surface area (Å²) in [5, 5.41) is 5.80. The number of amides is 2. The van der Waals surface area contributed by atoms with Crippen LogP contribution in [0.1, 0.15) is 27.7 Å². The first-order valence-electron chi connectivity index (χ1n) is 9.52. The summed E-state index contributed by atoms with van der Waals surface area (Å²) in [5.74, 6) is 1.27. The maximum atomic E-state index is 12.3. The maximum absolute atomic E-state index is 12.3. The molecule has 28 heavy (non-hydrogen) atoms. The summed E-state index contributed by atoms with van der Waals surface area (Å²) < 4.78 is 5.74. The van der Waals surface area contributed by atoms with E-state index in [1.807, 2.05) is 70.2 Å². The Balaban J connectivity index is 1.85. The minimum Gasteiger partial charge on any atom is -0.457 e. The van der Waals surface area contributed by atoms with Gasteiger partial charge in [0, 0.05) is 11.2 Å². The van der Waals surface area contributed by atoms with E-state index < -0.39 is 0 Å². The van der Waals surface area contributed by atoms with Crippen molar-refractivity contribution in [3.8, 4) is 11.5 Å². The normalized spacial score (nSPS) is 12.1. The van der Waals surface area contributed by atoms with Gasteiger partial charge in [-0.05, 0) is 64.1 Å². The van der Waals surface area contributed by atoms with E-state index in [2.05, 4.69) is 10.6 Å². The predicted octanol–water partition coefficient (Wildman–Crippen LogP) is 2.24. The molecular weight excluding hydrogens is 354 g/mol. The number of carbonyl (C=O) groups excluding carboxylic acids is 2. The van der Waals surface area contributed by atoms with Crippen molar-refractivity contribution in [3.63, 3.8) is 0 Å². The Hall–Kier alpha value is -2.86. The second-order valence-electron chi connectivity index (χ2n) is 7.74. The van der Waals surface area contributed by atoms with E-state index in [1.165, 1.54) is 0 Å². The zero-order chi connectivity index (χ0) is 20.6. The van der Waals surface area contributed by atoms with Gasteiger partial charge in [-0.2, -0.15) is 0 Å². The van der Waals surface area contributed by atoms with E-state index in [0.717, 1.165) is 10.6 Å². The predicted molar refractivity (Wildman–Crippen MR) is 111 cm³/mol. The molecule has 2 aromatic carbocycles. The third-order valence-electron chi connectivity index (χ3n) is 3.95. The van der Waals surface area contributed by atoms with Crippen LogP contribution >= 0.6 is 0 Å². The second kappa shape index (κ2) is 9.90. The Morgan fingerprint density at radius 2 is 1.46 bits per heavy atom. The van der Waals surface area contributed by atoms with Gasteiger partial charge in [0.25, 0.3) is 11.8 Å². The lowest BCUT2D eigenvalue weighted by Gasteiger charge is -2.23. The molecule has 0 radical (unpaired) electrons. The standard InChI is InChI=1S/C22H29N3O3/c1-5-25(16-21(27)24-22(2,3)4)15-20(26)23-17-11-13-19(14-12-17)28-18-9-7-6-8-10-18/h6-14H,5,15-16H2,1-4H3,(H,23,26)(H,24,27)/p+1. The van der Waals surface area contributed by atoms with Crippen LogP contribution in [-0.4, -0.2) is 37.0 Å². The molecule has 0 saturated carbocycles. The van der Waals surface area contributed by atoms with Gasteiger partial charge in [-0.1, -0.05) is 18.2 Å². The highest BCUT2D eigenvalue weighted by Crippen LogP contribution is 2.22. The molecule has 0 aromatic heterocycles. The Labute approximate surface area is 166 Å². The molecule has 2 aromatic rings. The van der Waals surface area contributed by atoms with Crippen molar-refractivity contribution < 1.29 is 19.2 Å². The lowest BCUT2D eigenvalue weighted by Crippen LogP contribution is -3.14. The fourth-order valence-electron chi connectivity index (χ4n) is 2.67. The molecule has 6 heteroatoms. The minimum atomic E-state index is -0.276. The van der Waals surface area contributed by atoms with E-state index in [4.69, 9.17) is 4.74 Å². The number of hydrogen-bond acceptors (Lipinski definition) is 3. The van der Waals surface area contributed by atoms with Crippen molar-refractivity contribution >= 4 is 17.5 Å². The lowest BCUT2D eigenvalue weighted by atomic mass is 10.1. The number of ether oxygens (including phenoxy) is 1. The van der Waals surface area contributed by atoms with Crippen molar-refractivity contribution in [3.05, 3.63) is 54.6 Å². The summed E-state index contributed by atoms with van der Waals surface area (Å²) >= 11 is 0. The molecule has 2 rings (SSSR count). The van der Waals surface area contributed by atoms with Crippen molar-refractivity contribution in [1.82, 2.24) is 5.32 Å². The number of benzene rings is 2. The van der Waals surface area contributed by atoms with E-state index in [9.17, 15) is 9.59 Å². The highest BCUT2D eigenvalue weighted by atomic mass is 16.5. The number of nitrogens with one attached hydrogen (secondary N) is 3. The van der Waals surface area contributed by atoms with Crippen LogP contribution in [0.5, 0.6) is 11.5 Å². The number of carbonyl (C=O) groups is 2. The van der Waals surface area contributed by atoms with Crippen LogP contribution in [0.3, 0.4) is 0 Å². The van der Waals surface area contributed by atoms with Gasteiger partial charge in [-0.3, -0.25) is 9.59 Å². The van der Waals surface area contributed by atoms with Crippen LogP contribution < -0.4 is 20.3 Å². The van der Waals surface area contributed by atoms with Crippen LogP contribution in [0, 0.1) is 0 Å². The number of hydrogen-bond donors (Lipinski definition) is 3. The highest BCUT2D eigenvalue weighted by molar-refractivity contribution is 5.91. The molecular formula is C22H30N3O3+. The summed E-state index contributed by atoms with van der Waals surface area (Å²) in [7, 11) is 0. The Morgan fingerprint density at radius 3 is 2.04 bits per heavy atom.